The number of hydrogen-bond acceptors (Lipinski definition) is 2. The van der Waals surface area contributed by atoms with Crippen LogP contribution in [0.25, 0.3) is 0 Å². The van der Waals surface area contributed by atoms with Crippen LogP contribution < -0.4 is 11.5 Å². The summed E-state index contributed by atoms with van der Waals surface area (Å²) in [5.74, 6) is 0. The molecule has 1 unspecified atom stereocenters. The van der Waals surface area contributed by atoms with Gasteiger partial charge in [-0.15, -0.1) is 0 Å². The van der Waals surface area contributed by atoms with Gasteiger partial charge in [-0.1, -0.05) is 83.5 Å². The largest absolute Gasteiger partial charge is 0.330 e. The predicted molar refractivity (Wildman–Crippen MR) is 92.0 cm³/mol. The van der Waals surface area contributed by atoms with Crippen molar-refractivity contribution in [3.05, 3.63) is 0 Å². The highest BCUT2D eigenvalue weighted by Crippen LogP contribution is 2.13. The normalized spacial score (nSPS) is 12.8. The van der Waals surface area contributed by atoms with E-state index >= 15 is 0 Å². The molecule has 0 fully saturated rings. The van der Waals surface area contributed by atoms with Gasteiger partial charge in [0.15, 0.2) is 0 Å². The van der Waals surface area contributed by atoms with E-state index in [0.29, 0.717) is 6.04 Å². The van der Waals surface area contributed by atoms with Gasteiger partial charge < -0.3 is 11.5 Å². The number of rotatable bonds is 16. The minimum absolute atomic E-state index is 0.394. The molecule has 0 bridgehead atoms. The summed E-state index contributed by atoms with van der Waals surface area (Å²) in [6.07, 6.45) is 20.7. The van der Waals surface area contributed by atoms with Gasteiger partial charge in [-0.2, -0.15) is 0 Å². The van der Waals surface area contributed by atoms with Crippen LogP contribution in [0.15, 0.2) is 0 Å². The first-order chi connectivity index (χ1) is 9.77. The van der Waals surface area contributed by atoms with Crippen molar-refractivity contribution in [2.75, 3.05) is 6.54 Å². The fraction of sp³-hybridized carbons (Fsp3) is 1.00. The second-order valence-electron chi connectivity index (χ2n) is 6.50. The Labute approximate surface area is 128 Å². The first-order valence-electron chi connectivity index (χ1n) is 9.23. The predicted octanol–water partition coefficient (Wildman–Crippen LogP) is 5.14. The average Bonchev–Trinajstić information content (AvgIpc) is 2.43. The molecule has 0 saturated carbocycles. The van der Waals surface area contributed by atoms with Crippen LogP contribution in [0.5, 0.6) is 0 Å². The van der Waals surface area contributed by atoms with E-state index in [1.807, 2.05) is 0 Å². The third-order valence-corrected chi connectivity index (χ3v) is 4.11. The molecule has 0 saturated heterocycles. The zero-order valence-corrected chi connectivity index (χ0v) is 14.0. The number of unbranched alkanes of at least 4 members (excludes halogenated alkanes) is 13. The SMILES string of the molecule is CC(N)CCCCCCCCCCCCCCCCN. The minimum atomic E-state index is 0.394. The molecule has 0 rings (SSSR count). The van der Waals surface area contributed by atoms with Gasteiger partial charge in [0.25, 0.3) is 0 Å². The molecule has 0 heterocycles. The Hall–Kier alpha value is -0.0800. The van der Waals surface area contributed by atoms with E-state index in [-0.39, 0.29) is 0 Å². The van der Waals surface area contributed by atoms with Crippen molar-refractivity contribution >= 4 is 0 Å². The first kappa shape index (κ1) is 19.9. The third-order valence-electron chi connectivity index (χ3n) is 4.11. The fourth-order valence-corrected chi connectivity index (χ4v) is 2.73. The van der Waals surface area contributed by atoms with E-state index in [4.69, 9.17) is 11.5 Å². The van der Waals surface area contributed by atoms with Gasteiger partial charge in [-0.05, 0) is 26.3 Å². The smallest absolute Gasteiger partial charge is 0.00104 e. The maximum atomic E-state index is 5.74. The first-order valence-corrected chi connectivity index (χ1v) is 9.23. The van der Waals surface area contributed by atoms with Crippen molar-refractivity contribution in [2.45, 2.75) is 109 Å². The Balaban J connectivity index is 2.92. The lowest BCUT2D eigenvalue weighted by Gasteiger charge is -2.05. The van der Waals surface area contributed by atoms with Crippen LogP contribution in [-0.4, -0.2) is 12.6 Å². The second kappa shape index (κ2) is 17.0. The maximum absolute atomic E-state index is 5.74. The van der Waals surface area contributed by atoms with Crippen molar-refractivity contribution in [2.24, 2.45) is 11.5 Å². The van der Waals surface area contributed by atoms with Gasteiger partial charge in [0, 0.05) is 6.04 Å². The van der Waals surface area contributed by atoms with Crippen LogP contribution >= 0.6 is 0 Å². The summed E-state index contributed by atoms with van der Waals surface area (Å²) in [4.78, 5) is 0. The van der Waals surface area contributed by atoms with Crippen LogP contribution in [0.1, 0.15) is 103 Å². The van der Waals surface area contributed by atoms with Gasteiger partial charge in [-0.25, -0.2) is 0 Å². The van der Waals surface area contributed by atoms with Crippen molar-refractivity contribution in [3.8, 4) is 0 Å². The molecule has 2 heteroatoms. The lowest BCUT2D eigenvalue weighted by Crippen LogP contribution is -2.13. The summed E-state index contributed by atoms with van der Waals surface area (Å²) in [6.45, 7) is 2.98. The van der Waals surface area contributed by atoms with Crippen LogP contribution in [-0.2, 0) is 0 Å². The van der Waals surface area contributed by atoms with Crippen LogP contribution in [0.2, 0.25) is 0 Å². The number of hydrogen-bond donors (Lipinski definition) is 2. The summed E-state index contributed by atoms with van der Waals surface area (Å²) in [5, 5.41) is 0. The molecule has 0 amide bonds. The average molecular weight is 285 g/mol. The van der Waals surface area contributed by atoms with Crippen LogP contribution in [0.3, 0.4) is 0 Å². The molecule has 122 valence electrons. The Bertz CT molecular complexity index is 169. The molecule has 0 aromatic carbocycles. The summed E-state index contributed by atoms with van der Waals surface area (Å²) < 4.78 is 0. The highest BCUT2D eigenvalue weighted by molar-refractivity contribution is 4.54. The monoisotopic (exact) mass is 284 g/mol. The quantitative estimate of drug-likeness (QED) is 0.385. The van der Waals surface area contributed by atoms with E-state index < -0.39 is 0 Å². The van der Waals surface area contributed by atoms with Gasteiger partial charge in [-0.3, -0.25) is 0 Å². The molecule has 2 nitrogen and oxygen atoms in total. The van der Waals surface area contributed by atoms with E-state index in [1.54, 1.807) is 0 Å². The van der Waals surface area contributed by atoms with Gasteiger partial charge in [0.05, 0.1) is 0 Å². The summed E-state index contributed by atoms with van der Waals surface area (Å²) in [5.41, 5.74) is 11.2. The maximum Gasteiger partial charge on any atom is 0.00104 e. The standard InChI is InChI=1S/C18H40N2/c1-18(20)16-14-12-10-8-6-4-2-3-5-7-9-11-13-15-17-19/h18H,2-17,19-20H2,1H3. The van der Waals surface area contributed by atoms with Crippen molar-refractivity contribution < 1.29 is 0 Å². The van der Waals surface area contributed by atoms with Crippen LogP contribution in [0, 0.1) is 0 Å². The molecular formula is C18H40N2. The van der Waals surface area contributed by atoms with E-state index in [1.165, 1.54) is 96.3 Å². The summed E-state index contributed by atoms with van der Waals surface area (Å²) in [7, 11) is 0. The Kier molecular flexibility index (Phi) is 16.9. The molecule has 0 radical (unpaired) electrons. The van der Waals surface area contributed by atoms with Gasteiger partial charge in [0.1, 0.15) is 0 Å². The van der Waals surface area contributed by atoms with Gasteiger partial charge in [0.2, 0.25) is 0 Å². The summed E-state index contributed by atoms with van der Waals surface area (Å²) >= 11 is 0. The molecule has 0 aromatic heterocycles. The van der Waals surface area contributed by atoms with Gasteiger partial charge >= 0.3 is 0 Å². The molecule has 20 heavy (non-hydrogen) atoms. The Morgan fingerprint density at radius 2 is 0.850 bits per heavy atom. The minimum Gasteiger partial charge on any atom is -0.330 e. The Morgan fingerprint density at radius 3 is 1.15 bits per heavy atom. The molecule has 0 aliphatic heterocycles. The third kappa shape index (κ3) is 17.9. The van der Waals surface area contributed by atoms with E-state index in [2.05, 4.69) is 6.92 Å². The molecule has 1 atom stereocenters. The fourth-order valence-electron chi connectivity index (χ4n) is 2.73. The highest BCUT2D eigenvalue weighted by Gasteiger charge is 1.95. The molecule has 0 spiro atoms. The zero-order valence-electron chi connectivity index (χ0n) is 14.0. The summed E-state index contributed by atoms with van der Waals surface area (Å²) in [6, 6.07) is 0.394. The number of nitrogens with two attached hydrogens (primary N) is 2. The molecular weight excluding hydrogens is 244 g/mol. The topological polar surface area (TPSA) is 52.0 Å². The highest BCUT2D eigenvalue weighted by atomic mass is 14.6. The lowest BCUT2D eigenvalue weighted by atomic mass is 10.0. The second-order valence-corrected chi connectivity index (χ2v) is 6.50. The molecule has 0 aromatic rings. The lowest BCUT2D eigenvalue weighted by molar-refractivity contribution is 0.522. The Morgan fingerprint density at radius 1 is 0.550 bits per heavy atom. The molecule has 4 N–H and O–H groups in total. The zero-order chi connectivity index (χ0) is 14.9. The van der Waals surface area contributed by atoms with Crippen molar-refractivity contribution in [3.63, 3.8) is 0 Å². The molecule has 0 aliphatic rings. The van der Waals surface area contributed by atoms with E-state index in [0.717, 1.165) is 6.54 Å². The van der Waals surface area contributed by atoms with Crippen LogP contribution in [0.4, 0.5) is 0 Å². The van der Waals surface area contributed by atoms with Crippen molar-refractivity contribution in [1.29, 1.82) is 0 Å². The molecule has 0 aliphatic carbocycles. The van der Waals surface area contributed by atoms with E-state index in [9.17, 15) is 0 Å². The van der Waals surface area contributed by atoms with Crippen molar-refractivity contribution in [1.82, 2.24) is 0 Å².